The van der Waals surface area contributed by atoms with Crippen molar-refractivity contribution in [2.75, 3.05) is 29.9 Å². The van der Waals surface area contributed by atoms with E-state index >= 15 is 0 Å². The van der Waals surface area contributed by atoms with Crippen molar-refractivity contribution < 1.29 is 13.9 Å². The van der Waals surface area contributed by atoms with Crippen molar-refractivity contribution in [1.82, 2.24) is 19.1 Å². The highest BCUT2D eigenvalue weighted by Gasteiger charge is 2.29. The summed E-state index contributed by atoms with van der Waals surface area (Å²) in [5.41, 5.74) is 2.70. The lowest BCUT2D eigenvalue weighted by Gasteiger charge is -2.38. The van der Waals surface area contributed by atoms with Crippen LogP contribution < -0.4 is 15.4 Å². The third kappa shape index (κ3) is 6.48. The van der Waals surface area contributed by atoms with Crippen LogP contribution in [-0.4, -0.2) is 51.3 Å². The summed E-state index contributed by atoms with van der Waals surface area (Å²) < 4.78 is 22.8. The average molecular weight is 575 g/mol. The van der Waals surface area contributed by atoms with E-state index in [0.717, 1.165) is 67.7 Å². The molecule has 222 valence electrons. The number of nitrogens with zero attached hydrogens (tertiary/aromatic N) is 6. The van der Waals surface area contributed by atoms with Crippen molar-refractivity contribution in [2.45, 2.75) is 71.2 Å². The maximum absolute atomic E-state index is 13.5. The Morgan fingerprint density at radius 1 is 1.10 bits per heavy atom. The quantitative estimate of drug-likeness (QED) is 0.172. The molecule has 1 unspecified atom stereocenters. The largest absolute Gasteiger partial charge is 0.441 e. The van der Waals surface area contributed by atoms with Gasteiger partial charge in [0.05, 0.1) is 17.6 Å². The normalized spacial score (nSPS) is 14.7. The van der Waals surface area contributed by atoms with Crippen LogP contribution in [0.5, 0.6) is 0 Å². The number of esters is 1. The standard InChI is InChI=1S/C32H39FN6O3/c1-4-5-6-11-30(41)42-23(2)39-29(40)16-19-34-31(39)36(3)26-17-20-37(21-18-26)32-35-27-9-7-8-10-28(27)38(32)22-24-12-14-25(33)15-13-24/h7-10,12-16,19,23,26H,4-6,11,17-18,20-22H2,1-3H3. The SMILES string of the molecule is CCCCCC(=O)OC(C)n1c(N(C)C2CCN(c3nc4ccccc4n3Cc3ccc(F)cc3)CC2)nccc1=O. The second-order valence-corrected chi connectivity index (χ2v) is 10.9. The molecule has 10 heteroatoms. The van der Waals surface area contributed by atoms with E-state index < -0.39 is 6.23 Å². The molecular weight excluding hydrogens is 535 g/mol. The van der Waals surface area contributed by atoms with Gasteiger partial charge in [-0.1, -0.05) is 44.0 Å². The Bertz CT molecular complexity index is 1560. The van der Waals surface area contributed by atoms with Gasteiger partial charge in [0, 0.05) is 44.9 Å². The first-order valence-corrected chi connectivity index (χ1v) is 14.8. The molecule has 0 N–H and O–H groups in total. The zero-order chi connectivity index (χ0) is 29.6. The summed E-state index contributed by atoms with van der Waals surface area (Å²) in [6.07, 6.45) is 5.49. The van der Waals surface area contributed by atoms with E-state index in [9.17, 15) is 14.0 Å². The van der Waals surface area contributed by atoms with Crippen molar-refractivity contribution in [2.24, 2.45) is 0 Å². The Morgan fingerprint density at radius 3 is 2.57 bits per heavy atom. The van der Waals surface area contributed by atoms with Crippen molar-refractivity contribution in [1.29, 1.82) is 0 Å². The number of fused-ring (bicyclic) bond motifs is 1. The van der Waals surface area contributed by atoms with Crippen LogP contribution in [0.25, 0.3) is 11.0 Å². The number of piperidine rings is 1. The Hall–Kier alpha value is -4.21. The summed E-state index contributed by atoms with van der Waals surface area (Å²) in [6, 6.07) is 16.2. The second kappa shape index (κ2) is 13.2. The van der Waals surface area contributed by atoms with Gasteiger partial charge in [0.25, 0.3) is 5.56 Å². The van der Waals surface area contributed by atoms with Crippen molar-refractivity contribution in [3.05, 3.63) is 82.5 Å². The molecule has 0 saturated carbocycles. The van der Waals surface area contributed by atoms with E-state index in [1.165, 1.54) is 29.0 Å². The number of halogens is 1. The molecule has 42 heavy (non-hydrogen) atoms. The van der Waals surface area contributed by atoms with Crippen LogP contribution in [0.1, 0.15) is 64.2 Å². The smallest absolute Gasteiger partial charge is 0.307 e. The average Bonchev–Trinajstić information content (AvgIpc) is 3.36. The Morgan fingerprint density at radius 2 is 1.83 bits per heavy atom. The van der Waals surface area contributed by atoms with E-state index in [-0.39, 0.29) is 23.4 Å². The number of hydrogen-bond donors (Lipinski definition) is 0. The summed E-state index contributed by atoms with van der Waals surface area (Å²) in [4.78, 5) is 39.1. The number of unbranched alkanes of at least 4 members (excludes halogenated alkanes) is 2. The first kappa shape index (κ1) is 29.3. The molecular formula is C32H39FN6O3. The number of para-hydroxylation sites is 2. The van der Waals surface area contributed by atoms with Gasteiger partial charge in [-0.05, 0) is 56.0 Å². The van der Waals surface area contributed by atoms with E-state index in [2.05, 4.69) is 27.4 Å². The van der Waals surface area contributed by atoms with Crippen LogP contribution in [0.3, 0.4) is 0 Å². The number of anilines is 2. The summed E-state index contributed by atoms with van der Waals surface area (Å²) in [6.45, 7) is 5.92. The molecule has 0 radical (unpaired) electrons. The lowest BCUT2D eigenvalue weighted by atomic mass is 10.0. The van der Waals surface area contributed by atoms with Crippen molar-refractivity contribution in [3.8, 4) is 0 Å². The molecule has 5 rings (SSSR count). The molecule has 1 aliphatic heterocycles. The maximum Gasteiger partial charge on any atom is 0.307 e. The molecule has 1 fully saturated rings. The van der Waals surface area contributed by atoms with E-state index in [1.807, 2.05) is 42.3 Å². The summed E-state index contributed by atoms with van der Waals surface area (Å²) in [5, 5.41) is 0. The Kier molecular flexibility index (Phi) is 9.19. The predicted molar refractivity (Wildman–Crippen MR) is 162 cm³/mol. The first-order chi connectivity index (χ1) is 20.4. The van der Waals surface area contributed by atoms with Gasteiger partial charge >= 0.3 is 5.97 Å². The minimum absolute atomic E-state index is 0.129. The number of carbonyl (C=O) groups excluding carboxylic acids is 1. The monoisotopic (exact) mass is 574 g/mol. The van der Waals surface area contributed by atoms with E-state index in [0.29, 0.717) is 18.9 Å². The molecule has 2 aromatic heterocycles. The van der Waals surface area contributed by atoms with Gasteiger partial charge in [0.1, 0.15) is 5.82 Å². The molecule has 1 aliphatic rings. The van der Waals surface area contributed by atoms with Crippen LogP contribution in [0, 0.1) is 5.82 Å². The van der Waals surface area contributed by atoms with Gasteiger partial charge in [0.15, 0.2) is 6.23 Å². The number of aromatic nitrogens is 4. The van der Waals surface area contributed by atoms with Gasteiger partial charge in [0.2, 0.25) is 11.9 Å². The third-order valence-corrected chi connectivity index (χ3v) is 8.01. The summed E-state index contributed by atoms with van der Waals surface area (Å²) >= 11 is 0. The van der Waals surface area contributed by atoms with Crippen LogP contribution >= 0.6 is 0 Å². The molecule has 1 saturated heterocycles. The maximum atomic E-state index is 13.5. The zero-order valence-electron chi connectivity index (χ0n) is 24.6. The van der Waals surface area contributed by atoms with Gasteiger partial charge in [-0.3, -0.25) is 9.59 Å². The summed E-state index contributed by atoms with van der Waals surface area (Å²) in [5.74, 6) is 0.814. The number of carbonyl (C=O) groups is 1. The fraction of sp³-hybridized carbons (Fsp3) is 0.438. The fourth-order valence-electron chi connectivity index (χ4n) is 5.68. The lowest BCUT2D eigenvalue weighted by molar-refractivity contribution is -0.152. The zero-order valence-corrected chi connectivity index (χ0v) is 24.6. The number of benzene rings is 2. The minimum atomic E-state index is -0.760. The number of ether oxygens (including phenoxy) is 1. The molecule has 9 nitrogen and oxygen atoms in total. The number of hydrogen-bond acceptors (Lipinski definition) is 7. The van der Waals surface area contributed by atoms with E-state index in [1.54, 1.807) is 6.92 Å². The number of rotatable bonds is 11. The Labute approximate surface area is 245 Å². The molecule has 0 amide bonds. The fourth-order valence-corrected chi connectivity index (χ4v) is 5.68. The van der Waals surface area contributed by atoms with Gasteiger partial charge in [-0.25, -0.2) is 18.9 Å². The highest BCUT2D eigenvalue weighted by Crippen LogP contribution is 2.29. The molecule has 3 heterocycles. The van der Waals surface area contributed by atoms with Crippen LogP contribution in [0.2, 0.25) is 0 Å². The molecule has 1 atom stereocenters. The molecule has 0 aliphatic carbocycles. The topological polar surface area (TPSA) is 85.5 Å². The van der Waals surface area contributed by atoms with Gasteiger partial charge in [-0.2, -0.15) is 0 Å². The number of imidazole rings is 1. The van der Waals surface area contributed by atoms with Gasteiger partial charge < -0.3 is 19.1 Å². The van der Waals surface area contributed by atoms with Crippen LogP contribution in [-0.2, 0) is 16.1 Å². The third-order valence-electron chi connectivity index (χ3n) is 8.01. The van der Waals surface area contributed by atoms with Crippen molar-refractivity contribution in [3.63, 3.8) is 0 Å². The van der Waals surface area contributed by atoms with Crippen molar-refractivity contribution >= 4 is 28.9 Å². The lowest BCUT2D eigenvalue weighted by Crippen LogP contribution is -2.46. The Balaban J connectivity index is 1.31. The summed E-state index contributed by atoms with van der Waals surface area (Å²) in [7, 11) is 1.94. The molecule has 2 aromatic carbocycles. The molecule has 4 aromatic rings. The second-order valence-electron chi connectivity index (χ2n) is 10.9. The molecule has 0 spiro atoms. The predicted octanol–water partition coefficient (Wildman–Crippen LogP) is 5.53. The molecule has 0 bridgehead atoms. The first-order valence-electron chi connectivity index (χ1n) is 14.8. The minimum Gasteiger partial charge on any atom is -0.441 e. The van der Waals surface area contributed by atoms with Gasteiger partial charge in [-0.15, -0.1) is 0 Å². The highest BCUT2D eigenvalue weighted by molar-refractivity contribution is 5.79. The van der Waals surface area contributed by atoms with Crippen LogP contribution in [0.15, 0.2) is 65.6 Å². The van der Waals surface area contributed by atoms with Crippen LogP contribution in [0.4, 0.5) is 16.3 Å². The highest BCUT2D eigenvalue weighted by atomic mass is 19.1. The van der Waals surface area contributed by atoms with E-state index in [4.69, 9.17) is 9.72 Å².